The van der Waals surface area contributed by atoms with Gasteiger partial charge in [0.15, 0.2) is 0 Å². The fourth-order valence-electron chi connectivity index (χ4n) is 2.64. The number of nitrogens with zero attached hydrogens (tertiary/aromatic N) is 2. The molecular weight excluding hydrogens is 296 g/mol. The Labute approximate surface area is 142 Å². The van der Waals surface area contributed by atoms with Crippen molar-refractivity contribution in [1.29, 1.82) is 0 Å². The van der Waals surface area contributed by atoms with E-state index in [0.717, 1.165) is 16.8 Å². The molecule has 0 aliphatic carbocycles. The first-order valence-corrected chi connectivity index (χ1v) is 7.96. The van der Waals surface area contributed by atoms with Crippen molar-refractivity contribution in [3.63, 3.8) is 0 Å². The number of aromatic nitrogens is 1. The van der Waals surface area contributed by atoms with Crippen LogP contribution >= 0.6 is 0 Å². The maximum Gasteiger partial charge on any atom is 0.255 e. The van der Waals surface area contributed by atoms with E-state index in [0.29, 0.717) is 12.1 Å². The maximum absolute atomic E-state index is 12.5. The SMILES string of the molecule is Cc1cccc(-c2ccc(C(=O)N(C)Cc3ccccc3)cn2)c1. The van der Waals surface area contributed by atoms with Gasteiger partial charge in [0.05, 0.1) is 11.3 Å². The van der Waals surface area contributed by atoms with Gasteiger partial charge < -0.3 is 4.90 Å². The van der Waals surface area contributed by atoms with Gasteiger partial charge in [-0.15, -0.1) is 0 Å². The number of rotatable bonds is 4. The number of carbonyl (C=O) groups excluding carboxylic acids is 1. The predicted octanol–water partition coefficient (Wildman–Crippen LogP) is 4.33. The molecule has 0 unspecified atom stereocenters. The van der Waals surface area contributed by atoms with Crippen LogP contribution in [0.4, 0.5) is 0 Å². The first-order valence-electron chi connectivity index (χ1n) is 7.96. The van der Waals surface area contributed by atoms with Crippen molar-refractivity contribution in [3.8, 4) is 11.3 Å². The molecule has 0 aliphatic heterocycles. The molecule has 1 amide bonds. The fourth-order valence-corrected chi connectivity index (χ4v) is 2.64. The van der Waals surface area contributed by atoms with Crippen LogP contribution in [0.15, 0.2) is 72.9 Å². The zero-order chi connectivity index (χ0) is 16.9. The van der Waals surface area contributed by atoms with Gasteiger partial charge in [-0.25, -0.2) is 0 Å². The largest absolute Gasteiger partial charge is 0.337 e. The molecule has 1 aromatic heterocycles. The lowest BCUT2D eigenvalue weighted by Crippen LogP contribution is -2.26. The van der Waals surface area contributed by atoms with Crippen LogP contribution in [0.1, 0.15) is 21.5 Å². The molecule has 0 atom stereocenters. The van der Waals surface area contributed by atoms with Crippen LogP contribution in [-0.4, -0.2) is 22.8 Å². The zero-order valence-corrected chi connectivity index (χ0v) is 13.9. The van der Waals surface area contributed by atoms with Gasteiger partial charge in [0, 0.05) is 25.4 Å². The van der Waals surface area contributed by atoms with E-state index in [1.165, 1.54) is 5.56 Å². The van der Waals surface area contributed by atoms with Crippen LogP contribution in [0.5, 0.6) is 0 Å². The summed E-state index contributed by atoms with van der Waals surface area (Å²) in [6, 6.07) is 21.9. The second-order valence-electron chi connectivity index (χ2n) is 5.95. The Morgan fingerprint density at radius 2 is 1.79 bits per heavy atom. The molecule has 2 aromatic carbocycles. The topological polar surface area (TPSA) is 33.2 Å². The standard InChI is InChI=1S/C21H20N2O/c1-16-7-6-10-18(13-16)20-12-11-19(14-22-20)21(24)23(2)15-17-8-4-3-5-9-17/h3-14H,15H2,1-2H3. The van der Waals surface area contributed by atoms with Gasteiger partial charge in [-0.3, -0.25) is 9.78 Å². The number of pyridine rings is 1. The van der Waals surface area contributed by atoms with Crippen LogP contribution < -0.4 is 0 Å². The monoisotopic (exact) mass is 316 g/mol. The first-order chi connectivity index (χ1) is 11.6. The molecule has 24 heavy (non-hydrogen) atoms. The predicted molar refractivity (Wildman–Crippen MR) is 96.6 cm³/mol. The molecule has 0 radical (unpaired) electrons. The number of hydrogen-bond acceptors (Lipinski definition) is 2. The first kappa shape index (κ1) is 15.9. The minimum atomic E-state index is -0.0258. The third-order valence-electron chi connectivity index (χ3n) is 3.93. The summed E-state index contributed by atoms with van der Waals surface area (Å²) in [5.41, 5.74) is 4.84. The average Bonchev–Trinajstić information content (AvgIpc) is 2.62. The highest BCUT2D eigenvalue weighted by atomic mass is 16.2. The minimum Gasteiger partial charge on any atom is -0.337 e. The van der Waals surface area contributed by atoms with E-state index < -0.39 is 0 Å². The van der Waals surface area contributed by atoms with Gasteiger partial charge in [-0.1, -0.05) is 54.1 Å². The highest BCUT2D eigenvalue weighted by Crippen LogP contribution is 2.18. The van der Waals surface area contributed by atoms with Gasteiger partial charge in [-0.05, 0) is 30.7 Å². The molecule has 0 N–H and O–H groups in total. The lowest BCUT2D eigenvalue weighted by Gasteiger charge is -2.17. The van der Waals surface area contributed by atoms with E-state index in [1.54, 1.807) is 11.1 Å². The van der Waals surface area contributed by atoms with Crippen molar-refractivity contribution in [2.45, 2.75) is 13.5 Å². The molecule has 0 bridgehead atoms. The number of benzene rings is 2. The van der Waals surface area contributed by atoms with Crippen LogP contribution in [-0.2, 0) is 6.54 Å². The van der Waals surface area contributed by atoms with E-state index in [9.17, 15) is 4.79 Å². The molecule has 1 heterocycles. The molecule has 3 rings (SSSR count). The Hall–Kier alpha value is -2.94. The Balaban J connectivity index is 1.74. The second-order valence-corrected chi connectivity index (χ2v) is 5.95. The Morgan fingerprint density at radius 1 is 1.00 bits per heavy atom. The molecule has 3 nitrogen and oxygen atoms in total. The summed E-state index contributed by atoms with van der Waals surface area (Å²) in [6.07, 6.45) is 1.65. The molecule has 0 saturated heterocycles. The summed E-state index contributed by atoms with van der Waals surface area (Å²) < 4.78 is 0. The highest BCUT2D eigenvalue weighted by molar-refractivity contribution is 5.94. The number of amides is 1. The van der Waals surface area contributed by atoms with Crippen LogP contribution in [0.3, 0.4) is 0 Å². The van der Waals surface area contributed by atoms with Crippen molar-refractivity contribution in [1.82, 2.24) is 9.88 Å². The molecule has 120 valence electrons. The molecule has 3 heteroatoms. The van der Waals surface area contributed by atoms with E-state index >= 15 is 0 Å². The van der Waals surface area contributed by atoms with Crippen molar-refractivity contribution in [3.05, 3.63) is 89.6 Å². The van der Waals surface area contributed by atoms with E-state index in [4.69, 9.17) is 0 Å². The lowest BCUT2D eigenvalue weighted by molar-refractivity contribution is 0.0784. The zero-order valence-electron chi connectivity index (χ0n) is 13.9. The van der Waals surface area contributed by atoms with Gasteiger partial charge in [-0.2, -0.15) is 0 Å². The van der Waals surface area contributed by atoms with Gasteiger partial charge in [0.25, 0.3) is 5.91 Å². The van der Waals surface area contributed by atoms with Crippen LogP contribution in [0.25, 0.3) is 11.3 Å². The highest BCUT2D eigenvalue weighted by Gasteiger charge is 2.12. The van der Waals surface area contributed by atoms with Crippen molar-refractivity contribution >= 4 is 5.91 Å². The summed E-state index contributed by atoms with van der Waals surface area (Å²) in [5, 5.41) is 0. The van der Waals surface area contributed by atoms with E-state index in [2.05, 4.69) is 24.0 Å². The minimum absolute atomic E-state index is 0.0258. The van der Waals surface area contributed by atoms with Gasteiger partial charge in [0.1, 0.15) is 0 Å². The summed E-state index contributed by atoms with van der Waals surface area (Å²) >= 11 is 0. The van der Waals surface area contributed by atoms with Crippen molar-refractivity contribution in [2.75, 3.05) is 7.05 Å². The quantitative estimate of drug-likeness (QED) is 0.718. The third-order valence-corrected chi connectivity index (χ3v) is 3.93. The van der Waals surface area contributed by atoms with Gasteiger partial charge >= 0.3 is 0 Å². The number of hydrogen-bond donors (Lipinski definition) is 0. The van der Waals surface area contributed by atoms with Crippen molar-refractivity contribution in [2.24, 2.45) is 0 Å². The normalized spacial score (nSPS) is 10.4. The molecular formula is C21H20N2O. The molecule has 3 aromatic rings. The van der Waals surface area contributed by atoms with Crippen LogP contribution in [0.2, 0.25) is 0 Å². The number of aryl methyl sites for hydroxylation is 1. The Bertz CT molecular complexity index is 826. The number of carbonyl (C=O) groups is 1. The summed E-state index contributed by atoms with van der Waals surface area (Å²) in [6.45, 7) is 2.64. The summed E-state index contributed by atoms with van der Waals surface area (Å²) in [4.78, 5) is 18.7. The molecule has 0 fully saturated rings. The van der Waals surface area contributed by atoms with Crippen LogP contribution in [0, 0.1) is 6.92 Å². The molecule has 0 aliphatic rings. The average molecular weight is 316 g/mol. The van der Waals surface area contributed by atoms with Gasteiger partial charge in [0.2, 0.25) is 0 Å². The second kappa shape index (κ2) is 7.09. The molecule has 0 saturated carbocycles. The molecule has 0 spiro atoms. The lowest BCUT2D eigenvalue weighted by atomic mass is 10.1. The van der Waals surface area contributed by atoms with E-state index in [-0.39, 0.29) is 5.91 Å². The smallest absolute Gasteiger partial charge is 0.255 e. The van der Waals surface area contributed by atoms with E-state index in [1.807, 2.05) is 61.6 Å². The summed E-state index contributed by atoms with van der Waals surface area (Å²) in [5.74, 6) is -0.0258. The Morgan fingerprint density at radius 3 is 2.46 bits per heavy atom. The Kier molecular flexibility index (Phi) is 4.71. The summed E-state index contributed by atoms with van der Waals surface area (Å²) in [7, 11) is 1.81. The fraction of sp³-hybridized carbons (Fsp3) is 0.143. The van der Waals surface area contributed by atoms with Crippen molar-refractivity contribution < 1.29 is 4.79 Å². The third kappa shape index (κ3) is 3.69. The maximum atomic E-state index is 12.5.